The van der Waals surface area contributed by atoms with Gasteiger partial charge in [0.1, 0.15) is 5.03 Å². The van der Waals surface area contributed by atoms with E-state index in [9.17, 15) is 13.2 Å². The Bertz CT molecular complexity index is 600. The lowest BCUT2D eigenvalue weighted by Crippen LogP contribution is -2.11. The van der Waals surface area contributed by atoms with Crippen LogP contribution in [0.2, 0.25) is 0 Å². The van der Waals surface area contributed by atoms with Crippen LogP contribution < -0.4 is 5.73 Å². The van der Waals surface area contributed by atoms with E-state index in [1.54, 1.807) is 24.4 Å². The summed E-state index contributed by atoms with van der Waals surface area (Å²) in [5.41, 5.74) is 4.74. The van der Waals surface area contributed by atoms with E-state index >= 15 is 0 Å². The van der Waals surface area contributed by atoms with Crippen molar-refractivity contribution in [2.45, 2.75) is 22.6 Å². The van der Waals surface area contributed by atoms with Gasteiger partial charge < -0.3 is 5.73 Å². The Hall–Kier alpha value is -1.05. The van der Waals surface area contributed by atoms with Crippen LogP contribution in [0.15, 0.2) is 50.9 Å². The average Bonchev–Trinajstić information content (AvgIpc) is 2.40. The predicted octanol–water partition coefficient (Wildman–Crippen LogP) is 4.47. The van der Waals surface area contributed by atoms with Gasteiger partial charge in [0.2, 0.25) is 0 Å². The highest BCUT2D eigenvalue weighted by molar-refractivity contribution is 9.10. The van der Waals surface area contributed by atoms with Gasteiger partial charge in [0.25, 0.3) is 0 Å². The summed E-state index contributed by atoms with van der Waals surface area (Å²) in [6.45, 7) is -0.143. The lowest BCUT2D eigenvalue weighted by Gasteiger charge is -2.13. The molecule has 1 aromatic heterocycles. The first kappa shape index (κ1) is 15.3. The smallest absolute Gasteiger partial charge is 0.326 e. The minimum absolute atomic E-state index is 0.0885. The van der Waals surface area contributed by atoms with E-state index in [0.717, 1.165) is 10.5 Å². The Morgan fingerprint density at radius 2 is 1.95 bits per heavy atom. The lowest BCUT2D eigenvalue weighted by molar-refractivity contribution is -0.138. The minimum atomic E-state index is -4.40. The molecular weight excluding hydrogens is 353 g/mol. The summed E-state index contributed by atoms with van der Waals surface area (Å²) in [6.07, 6.45) is -2.81. The van der Waals surface area contributed by atoms with Gasteiger partial charge >= 0.3 is 6.18 Å². The van der Waals surface area contributed by atoms with E-state index in [-0.39, 0.29) is 12.1 Å². The van der Waals surface area contributed by atoms with Crippen molar-refractivity contribution in [2.24, 2.45) is 5.73 Å². The van der Waals surface area contributed by atoms with E-state index in [1.807, 2.05) is 0 Å². The van der Waals surface area contributed by atoms with Crippen LogP contribution in [-0.2, 0) is 12.7 Å². The zero-order chi connectivity index (χ0) is 14.8. The third kappa shape index (κ3) is 3.74. The van der Waals surface area contributed by atoms with E-state index in [1.165, 1.54) is 17.8 Å². The summed E-state index contributed by atoms with van der Waals surface area (Å²) in [4.78, 5) is 4.59. The van der Waals surface area contributed by atoms with Gasteiger partial charge in [0.05, 0.1) is 5.56 Å². The number of alkyl halides is 3. The number of nitrogens with zero attached hydrogens (tertiary/aromatic N) is 1. The van der Waals surface area contributed by atoms with E-state index in [0.29, 0.717) is 9.92 Å². The number of nitrogens with two attached hydrogens (primary N) is 1. The molecule has 0 fully saturated rings. The third-order valence-corrected chi connectivity index (χ3v) is 3.94. The van der Waals surface area contributed by atoms with Crippen molar-refractivity contribution in [1.29, 1.82) is 0 Å². The molecule has 2 nitrogen and oxygen atoms in total. The highest BCUT2D eigenvalue weighted by atomic mass is 79.9. The minimum Gasteiger partial charge on any atom is -0.326 e. The van der Waals surface area contributed by atoms with E-state index in [4.69, 9.17) is 5.73 Å². The van der Waals surface area contributed by atoms with Gasteiger partial charge in [-0.1, -0.05) is 17.8 Å². The fourth-order valence-electron chi connectivity index (χ4n) is 1.60. The first-order valence-electron chi connectivity index (χ1n) is 5.60. The summed E-state index contributed by atoms with van der Waals surface area (Å²) >= 11 is 4.43. The Morgan fingerprint density at radius 3 is 2.50 bits per heavy atom. The van der Waals surface area contributed by atoms with Gasteiger partial charge in [-0.2, -0.15) is 13.2 Å². The zero-order valence-corrected chi connectivity index (χ0v) is 12.5. The normalized spacial score (nSPS) is 11.7. The Balaban J connectivity index is 2.31. The number of benzene rings is 1. The fourth-order valence-corrected chi connectivity index (χ4v) is 2.63. The number of aromatic nitrogens is 1. The van der Waals surface area contributed by atoms with Crippen LogP contribution in [0, 0.1) is 0 Å². The number of pyridine rings is 1. The molecule has 106 valence electrons. The van der Waals surface area contributed by atoms with Crippen molar-refractivity contribution < 1.29 is 13.2 Å². The number of hydrogen-bond acceptors (Lipinski definition) is 3. The maximum absolute atomic E-state index is 12.9. The molecular formula is C13H10BrF3N2S. The topological polar surface area (TPSA) is 38.9 Å². The summed E-state index contributed by atoms with van der Waals surface area (Å²) in [5, 5.41) is 0.627. The maximum atomic E-state index is 12.9. The van der Waals surface area contributed by atoms with Gasteiger partial charge in [0, 0.05) is 22.1 Å². The van der Waals surface area contributed by atoms with Crippen LogP contribution in [0.1, 0.15) is 11.1 Å². The number of halogens is 4. The molecule has 7 heteroatoms. The van der Waals surface area contributed by atoms with Crippen LogP contribution in [0.3, 0.4) is 0 Å². The summed E-state index contributed by atoms with van der Waals surface area (Å²) in [5.74, 6) is 0. The first-order chi connectivity index (χ1) is 9.40. The van der Waals surface area contributed by atoms with Gasteiger partial charge in [-0.05, 0) is 45.8 Å². The summed E-state index contributed by atoms with van der Waals surface area (Å²) in [6, 6.07) is 7.65. The molecule has 0 atom stereocenters. The maximum Gasteiger partial charge on any atom is 0.416 e. The SMILES string of the molecule is NCc1ccc(Sc2ccc(Br)cn2)cc1C(F)(F)F. The highest BCUT2D eigenvalue weighted by Crippen LogP contribution is 2.36. The molecule has 2 N–H and O–H groups in total. The summed E-state index contributed by atoms with van der Waals surface area (Å²) < 4.78 is 39.6. The Kier molecular flexibility index (Phi) is 4.72. The van der Waals surface area contributed by atoms with Crippen molar-refractivity contribution in [2.75, 3.05) is 0 Å². The Labute approximate surface area is 126 Å². The molecule has 0 unspecified atom stereocenters. The molecule has 0 amide bonds. The van der Waals surface area contributed by atoms with Crippen LogP contribution in [0.25, 0.3) is 0 Å². The van der Waals surface area contributed by atoms with Crippen molar-refractivity contribution in [3.63, 3.8) is 0 Å². The number of hydrogen-bond donors (Lipinski definition) is 1. The monoisotopic (exact) mass is 362 g/mol. The van der Waals surface area contributed by atoms with E-state index < -0.39 is 11.7 Å². The summed E-state index contributed by atoms with van der Waals surface area (Å²) in [7, 11) is 0. The average molecular weight is 363 g/mol. The molecule has 0 aliphatic rings. The van der Waals surface area contributed by atoms with Crippen LogP contribution in [-0.4, -0.2) is 4.98 Å². The van der Waals surface area contributed by atoms with Crippen LogP contribution >= 0.6 is 27.7 Å². The van der Waals surface area contributed by atoms with Gasteiger partial charge in [-0.15, -0.1) is 0 Å². The molecule has 2 rings (SSSR count). The molecule has 0 saturated carbocycles. The zero-order valence-electron chi connectivity index (χ0n) is 10.1. The predicted molar refractivity (Wildman–Crippen MR) is 75.4 cm³/mol. The first-order valence-corrected chi connectivity index (χ1v) is 7.20. The number of rotatable bonds is 3. The van der Waals surface area contributed by atoms with Gasteiger partial charge in [-0.3, -0.25) is 0 Å². The molecule has 20 heavy (non-hydrogen) atoms. The highest BCUT2D eigenvalue weighted by Gasteiger charge is 2.33. The van der Waals surface area contributed by atoms with Crippen LogP contribution in [0.5, 0.6) is 0 Å². The second kappa shape index (κ2) is 6.15. The second-order valence-electron chi connectivity index (χ2n) is 3.94. The molecule has 0 aliphatic heterocycles. The molecule has 1 heterocycles. The largest absolute Gasteiger partial charge is 0.416 e. The van der Waals surface area contributed by atoms with E-state index in [2.05, 4.69) is 20.9 Å². The molecule has 0 spiro atoms. The van der Waals surface area contributed by atoms with Crippen molar-refractivity contribution in [1.82, 2.24) is 4.98 Å². The van der Waals surface area contributed by atoms with Crippen molar-refractivity contribution >= 4 is 27.7 Å². The van der Waals surface area contributed by atoms with Crippen LogP contribution in [0.4, 0.5) is 13.2 Å². The van der Waals surface area contributed by atoms with Gasteiger partial charge in [0.15, 0.2) is 0 Å². The Morgan fingerprint density at radius 1 is 1.20 bits per heavy atom. The quantitative estimate of drug-likeness (QED) is 0.875. The standard InChI is InChI=1S/C13H10BrF3N2S/c14-9-2-4-12(19-7-9)20-10-3-1-8(6-18)11(5-10)13(15,16)17/h1-5,7H,6,18H2. The molecule has 0 bridgehead atoms. The third-order valence-electron chi connectivity index (χ3n) is 2.53. The molecule has 0 saturated heterocycles. The molecule has 0 aliphatic carbocycles. The fraction of sp³-hybridized carbons (Fsp3) is 0.154. The molecule has 1 aromatic carbocycles. The lowest BCUT2D eigenvalue weighted by atomic mass is 10.1. The molecule has 0 radical (unpaired) electrons. The second-order valence-corrected chi connectivity index (χ2v) is 5.95. The van der Waals surface area contributed by atoms with Gasteiger partial charge in [-0.25, -0.2) is 4.98 Å². The van der Waals surface area contributed by atoms with Crippen molar-refractivity contribution in [3.8, 4) is 0 Å². The van der Waals surface area contributed by atoms with Crippen molar-refractivity contribution in [3.05, 3.63) is 52.1 Å². The molecule has 2 aromatic rings.